The maximum atomic E-state index is 13.6. The highest BCUT2D eigenvalue weighted by atomic mass is 16.2. The van der Waals surface area contributed by atoms with Crippen molar-refractivity contribution in [1.82, 2.24) is 26.2 Å². The quantitative estimate of drug-likeness (QED) is 0.0124. The minimum Gasteiger partial charge on any atom is -0.370 e. The maximum absolute atomic E-state index is 13.6. The number of nitrogens with two attached hydrogens (primary N) is 5. The van der Waals surface area contributed by atoms with E-state index in [1.807, 2.05) is 0 Å². The van der Waals surface area contributed by atoms with Crippen LogP contribution in [0.3, 0.4) is 0 Å². The molecule has 0 rings (SSSR count). The predicted molar refractivity (Wildman–Crippen MR) is 304 cm³/mol. The second kappa shape index (κ2) is 50.3. The van der Waals surface area contributed by atoms with E-state index in [1.165, 1.54) is 159 Å². The SMILES string of the molecule is CCCCCCCCCCCCCCCCCC(=O)NCCN(CCNC(=O)CCCCCCCCCCCCCCCCC)C(=O)/C=C\C(=O)N[C@@H](CCCN=C(N)N)C(=O)N[C@@H](CCCN=C(N)N)C(N)=O. The zero-order chi connectivity index (χ0) is 54.7. The first kappa shape index (κ1) is 69.1. The summed E-state index contributed by atoms with van der Waals surface area (Å²) in [5, 5.41) is 11.0. The fourth-order valence-electron chi connectivity index (χ4n) is 8.79. The molecule has 0 saturated carbocycles. The van der Waals surface area contributed by atoms with Gasteiger partial charge in [0, 0.05) is 64.3 Å². The van der Waals surface area contributed by atoms with Crippen molar-refractivity contribution in [1.29, 1.82) is 0 Å². The van der Waals surface area contributed by atoms with Crippen LogP contribution in [-0.4, -0.2) is 104 Å². The molecule has 0 aromatic rings. The minimum absolute atomic E-state index is 0.0877. The van der Waals surface area contributed by atoms with Crippen molar-refractivity contribution in [3.63, 3.8) is 0 Å². The molecule has 0 fully saturated rings. The Morgan fingerprint density at radius 3 is 1.11 bits per heavy atom. The van der Waals surface area contributed by atoms with Gasteiger partial charge >= 0.3 is 0 Å². The zero-order valence-corrected chi connectivity index (χ0v) is 46.7. The summed E-state index contributed by atoms with van der Waals surface area (Å²) in [4.78, 5) is 87.2. The van der Waals surface area contributed by atoms with Crippen LogP contribution in [0, 0.1) is 0 Å². The van der Waals surface area contributed by atoms with Gasteiger partial charge in [-0.05, 0) is 38.5 Å². The molecule has 2 atom stereocenters. The average Bonchev–Trinajstić information content (AvgIpc) is 3.36. The van der Waals surface area contributed by atoms with Crippen molar-refractivity contribution in [2.75, 3.05) is 39.3 Å². The van der Waals surface area contributed by atoms with E-state index in [4.69, 9.17) is 28.7 Å². The number of unbranched alkanes of at least 4 members (excludes halogenated alkanes) is 28. The normalized spacial score (nSPS) is 11.9. The summed E-state index contributed by atoms with van der Waals surface area (Å²) in [6.45, 7) is 5.59. The fraction of sp³-hybridized carbons (Fsp3) is 0.821. The minimum atomic E-state index is -1.13. The third-order valence-electron chi connectivity index (χ3n) is 13.3. The standard InChI is InChI=1S/C56H108N12O6/c1-3-5-7-9-11-13-15-17-19-21-23-25-27-29-31-37-49(69)62-43-45-68(46-44-63-50(70)38-32-30-28-26-24-22-20-18-16-14-12-10-8-6-4-2)52(72)40-39-51(71)66-48(36-34-42-65-56(60)61)54(74)67-47(53(57)73)35-33-41-64-55(58)59/h39-40,47-48H,3-38,41-46H2,1-2H3,(H2,57,73)(H,62,69)(H,63,70)(H,66,71)(H,67,74)(H4,58,59,64)(H4,60,61,65)/b40-39-/t47-,48-/m0/s1. The number of guanidine groups is 2. The van der Waals surface area contributed by atoms with E-state index >= 15 is 0 Å². The van der Waals surface area contributed by atoms with Gasteiger partial charge in [0.2, 0.25) is 35.4 Å². The number of nitrogens with zero attached hydrogens (tertiary/aromatic N) is 3. The van der Waals surface area contributed by atoms with Crippen molar-refractivity contribution in [2.24, 2.45) is 38.7 Å². The van der Waals surface area contributed by atoms with Gasteiger partial charge in [0.1, 0.15) is 12.1 Å². The molecule has 0 spiro atoms. The molecule has 0 aliphatic heterocycles. The topological polar surface area (TPSA) is 309 Å². The maximum Gasteiger partial charge on any atom is 0.246 e. The monoisotopic (exact) mass is 1040 g/mol. The van der Waals surface area contributed by atoms with Crippen LogP contribution in [0.1, 0.15) is 245 Å². The smallest absolute Gasteiger partial charge is 0.246 e. The van der Waals surface area contributed by atoms with E-state index < -0.39 is 35.7 Å². The number of carbonyl (C=O) groups is 6. The lowest BCUT2D eigenvalue weighted by Gasteiger charge is -2.22. The highest BCUT2D eigenvalue weighted by Gasteiger charge is 2.25. The number of aliphatic imine (C=N–C) groups is 2. The van der Waals surface area contributed by atoms with E-state index in [0.717, 1.165) is 50.7 Å². The van der Waals surface area contributed by atoms with Gasteiger partial charge in [-0.3, -0.25) is 38.8 Å². The van der Waals surface area contributed by atoms with E-state index in [9.17, 15) is 28.8 Å². The molecule has 0 saturated heterocycles. The number of hydrogen-bond donors (Lipinski definition) is 9. The first-order chi connectivity index (χ1) is 35.8. The van der Waals surface area contributed by atoms with Crippen LogP contribution < -0.4 is 49.9 Å². The number of carbonyl (C=O) groups excluding carboxylic acids is 6. The Hall–Kier alpha value is -4.90. The summed E-state index contributed by atoms with van der Waals surface area (Å²) in [7, 11) is 0. The second-order valence-corrected chi connectivity index (χ2v) is 20.2. The predicted octanol–water partition coefficient (Wildman–Crippen LogP) is 7.69. The lowest BCUT2D eigenvalue weighted by molar-refractivity contribution is -0.130. The molecule has 0 aromatic heterocycles. The van der Waals surface area contributed by atoms with Crippen LogP contribution in [0.4, 0.5) is 0 Å². The van der Waals surface area contributed by atoms with E-state index in [-0.39, 0.29) is 75.8 Å². The Labute approximate surface area is 448 Å². The molecule has 14 N–H and O–H groups in total. The zero-order valence-electron chi connectivity index (χ0n) is 46.7. The van der Waals surface area contributed by atoms with Gasteiger partial charge in [-0.2, -0.15) is 0 Å². The molecule has 18 nitrogen and oxygen atoms in total. The first-order valence-corrected chi connectivity index (χ1v) is 29.3. The van der Waals surface area contributed by atoms with Crippen molar-refractivity contribution in [3.05, 3.63) is 12.2 Å². The van der Waals surface area contributed by atoms with Crippen molar-refractivity contribution >= 4 is 47.4 Å². The highest BCUT2D eigenvalue weighted by Crippen LogP contribution is 2.16. The fourth-order valence-corrected chi connectivity index (χ4v) is 8.79. The largest absolute Gasteiger partial charge is 0.370 e. The lowest BCUT2D eigenvalue weighted by atomic mass is 10.0. The second-order valence-electron chi connectivity index (χ2n) is 20.2. The van der Waals surface area contributed by atoms with Gasteiger partial charge in [-0.25, -0.2) is 0 Å². The van der Waals surface area contributed by atoms with E-state index in [2.05, 4.69) is 45.1 Å². The molecule has 6 amide bonds. The van der Waals surface area contributed by atoms with Gasteiger partial charge in [-0.15, -0.1) is 0 Å². The molecule has 18 heteroatoms. The van der Waals surface area contributed by atoms with Crippen molar-refractivity contribution < 1.29 is 28.8 Å². The molecule has 0 aliphatic carbocycles. The van der Waals surface area contributed by atoms with Gasteiger partial charge in [-0.1, -0.05) is 194 Å². The number of rotatable bonds is 52. The van der Waals surface area contributed by atoms with Crippen LogP contribution in [-0.2, 0) is 28.8 Å². The molecule has 0 radical (unpaired) electrons. The Balaban J connectivity index is 5.23. The van der Waals surface area contributed by atoms with Gasteiger partial charge in [0.15, 0.2) is 11.9 Å². The number of nitrogens with one attached hydrogen (secondary N) is 4. The van der Waals surface area contributed by atoms with Crippen molar-refractivity contribution in [3.8, 4) is 0 Å². The van der Waals surface area contributed by atoms with E-state index in [0.29, 0.717) is 25.7 Å². The average molecular weight is 1050 g/mol. The summed E-state index contributed by atoms with van der Waals surface area (Å²) in [6.07, 6.45) is 41.2. The van der Waals surface area contributed by atoms with Gasteiger partial charge in [0.25, 0.3) is 0 Å². The van der Waals surface area contributed by atoms with Gasteiger partial charge < -0.3 is 54.8 Å². The molecule has 0 unspecified atom stereocenters. The summed E-state index contributed by atoms with van der Waals surface area (Å²) < 4.78 is 0. The number of hydrogen-bond acceptors (Lipinski definition) is 8. The lowest BCUT2D eigenvalue weighted by Crippen LogP contribution is -2.52. The van der Waals surface area contributed by atoms with Crippen LogP contribution in [0.2, 0.25) is 0 Å². The Kier molecular flexibility index (Phi) is 46.9. The van der Waals surface area contributed by atoms with Crippen LogP contribution in [0.5, 0.6) is 0 Å². The Morgan fingerprint density at radius 1 is 0.432 bits per heavy atom. The summed E-state index contributed by atoms with van der Waals surface area (Å²) in [6, 6.07) is -2.19. The molecule has 0 aliphatic rings. The number of amides is 6. The molecular weight excluding hydrogens is 937 g/mol. The highest BCUT2D eigenvalue weighted by molar-refractivity contribution is 5.99. The van der Waals surface area contributed by atoms with Crippen LogP contribution in [0.15, 0.2) is 22.1 Å². The number of primary amides is 1. The molecule has 428 valence electrons. The molecule has 0 heterocycles. The third-order valence-corrected chi connectivity index (χ3v) is 13.3. The molecule has 74 heavy (non-hydrogen) atoms. The van der Waals surface area contributed by atoms with E-state index in [1.54, 1.807) is 0 Å². The molecular formula is C56H108N12O6. The van der Waals surface area contributed by atoms with Crippen LogP contribution in [0.25, 0.3) is 0 Å². The Morgan fingerprint density at radius 2 is 0.770 bits per heavy atom. The third kappa shape index (κ3) is 45.7. The first-order valence-electron chi connectivity index (χ1n) is 29.3. The Bertz CT molecular complexity index is 1500. The molecule has 0 bridgehead atoms. The summed E-state index contributed by atoms with van der Waals surface area (Å²) >= 11 is 0. The van der Waals surface area contributed by atoms with Crippen LogP contribution >= 0.6 is 0 Å². The van der Waals surface area contributed by atoms with Crippen molar-refractivity contribution in [2.45, 2.75) is 257 Å². The summed E-state index contributed by atoms with van der Waals surface area (Å²) in [5.41, 5.74) is 27.2. The summed E-state index contributed by atoms with van der Waals surface area (Å²) in [5.74, 6) is -3.12. The van der Waals surface area contributed by atoms with Gasteiger partial charge in [0.05, 0.1) is 0 Å². The molecule has 0 aromatic carbocycles.